The summed E-state index contributed by atoms with van der Waals surface area (Å²) in [5.41, 5.74) is 1.95. The van der Waals surface area contributed by atoms with Crippen molar-refractivity contribution in [2.75, 3.05) is 19.5 Å². The molecule has 0 bridgehead atoms. The number of anilines is 1. The second-order valence-corrected chi connectivity index (χ2v) is 4.77. The molecule has 0 atom stereocenters. The molecule has 1 aromatic heterocycles. The van der Waals surface area contributed by atoms with Crippen LogP contribution in [0.4, 0.5) is 5.69 Å². The van der Waals surface area contributed by atoms with Crippen molar-refractivity contribution in [3.05, 3.63) is 54.2 Å². The first-order valence-corrected chi connectivity index (χ1v) is 6.82. The van der Waals surface area contributed by atoms with Crippen molar-refractivity contribution in [2.24, 2.45) is 0 Å². The number of rotatable bonds is 4. The van der Waals surface area contributed by atoms with Crippen molar-refractivity contribution >= 4 is 22.5 Å². The molecule has 1 heterocycles. The molecule has 3 aromatic rings. The average Bonchev–Trinajstić information content (AvgIpc) is 3.03. The second kappa shape index (κ2) is 5.81. The number of ether oxygens (including phenoxy) is 2. The van der Waals surface area contributed by atoms with Crippen molar-refractivity contribution in [1.82, 2.24) is 4.98 Å². The third-order valence-corrected chi connectivity index (χ3v) is 3.49. The number of nitrogens with one attached hydrogen (secondary N) is 2. The van der Waals surface area contributed by atoms with Gasteiger partial charge in [0.05, 0.1) is 31.0 Å². The third-order valence-electron chi connectivity index (χ3n) is 3.49. The summed E-state index contributed by atoms with van der Waals surface area (Å²) < 4.78 is 10.5. The molecule has 0 saturated carbocycles. The molecule has 0 unspecified atom stereocenters. The van der Waals surface area contributed by atoms with Crippen LogP contribution in [0.1, 0.15) is 10.4 Å². The lowest BCUT2D eigenvalue weighted by atomic mass is 10.1. The summed E-state index contributed by atoms with van der Waals surface area (Å²) in [7, 11) is 3.14. The highest BCUT2D eigenvalue weighted by Gasteiger charge is 2.14. The number of aromatic amines is 1. The van der Waals surface area contributed by atoms with Crippen LogP contribution in [0.3, 0.4) is 0 Å². The number of H-pyrrole nitrogens is 1. The number of amides is 1. The predicted molar refractivity (Wildman–Crippen MR) is 85.8 cm³/mol. The molecule has 5 heteroatoms. The molecule has 3 rings (SSSR count). The molecule has 0 aliphatic heterocycles. The number of methoxy groups -OCH3 is 2. The standard InChI is InChI=1S/C17H16N2O3/c1-21-12-6-7-15(22-2)14(10-12)19-17(20)13-5-3-4-11-8-9-18-16(11)13/h3-10,18H,1-2H3,(H,19,20). The largest absolute Gasteiger partial charge is 0.497 e. The Balaban J connectivity index is 1.96. The number of aromatic nitrogens is 1. The fourth-order valence-corrected chi connectivity index (χ4v) is 2.38. The molecule has 0 aliphatic carbocycles. The predicted octanol–water partition coefficient (Wildman–Crippen LogP) is 3.44. The van der Waals surface area contributed by atoms with Gasteiger partial charge in [0.2, 0.25) is 0 Å². The number of benzene rings is 2. The van der Waals surface area contributed by atoms with E-state index in [9.17, 15) is 4.79 Å². The molecule has 0 saturated heterocycles. The number of hydrogen-bond acceptors (Lipinski definition) is 3. The molecule has 5 nitrogen and oxygen atoms in total. The molecular weight excluding hydrogens is 280 g/mol. The maximum Gasteiger partial charge on any atom is 0.257 e. The van der Waals surface area contributed by atoms with Crippen molar-refractivity contribution < 1.29 is 14.3 Å². The third kappa shape index (κ3) is 2.48. The molecule has 0 fully saturated rings. The van der Waals surface area contributed by atoms with Gasteiger partial charge < -0.3 is 19.8 Å². The molecule has 2 aromatic carbocycles. The van der Waals surface area contributed by atoms with Crippen molar-refractivity contribution in [3.8, 4) is 11.5 Å². The van der Waals surface area contributed by atoms with Gasteiger partial charge >= 0.3 is 0 Å². The normalized spacial score (nSPS) is 10.5. The quantitative estimate of drug-likeness (QED) is 0.775. The summed E-state index contributed by atoms with van der Waals surface area (Å²) in [6.07, 6.45) is 1.81. The Kier molecular flexibility index (Phi) is 3.70. The van der Waals surface area contributed by atoms with Gasteiger partial charge in [-0.2, -0.15) is 0 Å². The van der Waals surface area contributed by atoms with Crippen LogP contribution in [-0.2, 0) is 0 Å². The first-order valence-electron chi connectivity index (χ1n) is 6.82. The lowest BCUT2D eigenvalue weighted by Crippen LogP contribution is -2.13. The number of carbonyl (C=O) groups excluding carboxylic acids is 1. The molecule has 1 amide bonds. The Morgan fingerprint density at radius 2 is 1.95 bits per heavy atom. The number of para-hydroxylation sites is 1. The highest BCUT2D eigenvalue weighted by Crippen LogP contribution is 2.29. The summed E-state index contributed by atoms with van der Waals surface area (Å²) in [6, 6.07) is 12.8. The highest BCUT2D eigenvalue weighted by atomic mass is 16.5. The minimum atomic E-state index is -0.209. The van der Waals surface area contributed by atoms with Crippen molar-refractivity contribution in [3.63, 3.8) is 0 Å². The summed E-state index contributed by atoms with van der Waals surface area (Å²) >= 11 is 0. The van der Waals surface area contributed by atoms with E-state index in [-0.39, 0.29) is 5.91 Å². The molecule has 2 N–H and O–H groups in total. The minimum Gasteiger partial charge on any atom is -0.497 e. The van der Waals surface area contributed by atoms with E-state index in [0.717, 1.165) is 10.9 Å². The zero-order valence-corrected chi connectivity index (χ0v) is 12.3. The van der Waals surface area contributed by atoms with Gasteiger partial charge in [0.15, 0.2) is 0 Å². The van der Waals surface area contributed by atoms with Crippen LogP contribution in [0.15, 0.2) is 48.7 Å². The number of fused-ring (bicyclic) bond motifs is 1. The molecule has 0 radical (unpaired) electrons. The van der Waals surface area contributed by atoms with Crippen molar-refractivity contribution in [1.29, 1.82) is 0 Å². The van der Waals surface area contributed by atoms with E-state index < -0.39 is 0 Å². The first-order chi connectivity index (χ1) is 10.7. The second-order valence-electron chi connectivity index (χ2n) is 4.77. The van der Waals surface area contributed by atoms with Crippen LogP contribution < -0.4 is 14.8 Å². The average molecular weight is 296 g/mol. The zero-order chi connectivity index (χ0) is 15.5. The molecule has 0 spiro atoms. The highest BCUT2D eigenvalue weighted by molar-refractivity contribution is 6.12. The summed E-state index contributed by atoms with van der Waals surface area (Å²) in [5, 5.41) is 3.86. The minimum absolute atomic E-state index is 0.209. The SMILES string of the molecule is COc1ccc(OC)c(NC(=O)c2cccc3cc[nH]c23)c1. The summed E-state index contributed by atoms with van der Waals surface area (Å²) in [6.45, 7) is 0. The van der Waals surface area contributed by atoms with E-state index in [1.54, 1.807) is 38.5 Å². The maximum atomic E-state index is 12.6. The first kappa shape index (κ1) is 14.0. The molecule has 22 heavy (non-hydrogen) atoms. The van der Waals surface area contributed by atoms with E-state index in [2.05, 4.69) is 10.3 Å². The van der Waals surface area contributed by atoms with Gasteiger partial charge in [0.25, 0.3) is 5.91 Å². The lowest BCUT2D eigenvalue weighted by molar-refractivity contribution is 0.102. The van der Waals surface area contributed by atoms with Gasteiger partial charge in [-0.25, -0.2) is 0 Å². The van der Waals surface area contributed by atoms with E-state index in [0.29, 0.717) is 22.7 Å². The van der Waals surface area contributed by atoms with E-state index >= 15 is 0 Å². The Bertz CT molecular complexity index is 824. The maximum absolute atomic E-state index is 12.6. The fraction of sp³-hybridized carbons (Fsp3) is 0.118. The van der Waals surface area contributed by atoms with E-state index in [1.165, 1.54) is 0 Å². The van der Waals surface area contributed by atoms with Gasteiger partial charge in [0, 0.05) is 17.6 Å². The molecular formula is C17H16N2O3. The molecule has 112 valence electrons. The molecule has 0 aliphatic rings. The van der Waals surface area contributed by atoms with Gasteiger partial charge in [-0.05, 0) is 24.3 Å². The Morgan fingerprint density at radius 3 is 2.73 bits per heavy atom. The number of carbonyl (C=O) groups is 1. The van der Waals surface area contributed by atoms with Crippen LogP contribution >= 0.6 is 0 Å². The van der Waals surface area contributed by atoms with E-state index in [4.69, 9.17) is 9.47 Å². The van der Waals surface area contributed by atoms with Gasteiger partial charge in [-0.15, -0.1) is 0 Å². The van der Waals surface area contributed by atoms with Gasteiger partial charge in [-0.1, -0.05) is 12.1 Å². The van der Waals surface area contributed by atoms with Crippen LogP contribution in [0, 0.1) is 0 Å². The topological polar surface area (TPSA) is 63.4 Å². The van der Waals surface area contributed by atoms with Crippen LogP contribution in [0.2, 0.25) is 0 Å². The smallest absolute Gasteiger partial charge is 0.257 e. The Hall–Kier alpha value is -2.95. The fourth-order valence-electron chi connectivity index (χ4n) is 2.38. The summed E-state index contributed by atoms with van der Waals surface area (Å²) in [5.74, 6) is 1.02. The lowest BCUT2D eigenvalue weighted by Gasteiger charge is -2.12. The zero-order valence-electron chi connectivity index (χ0n) is 12.3. The van der Waals surface area contributed by atoms with Crippen LogP contribution in [0.5, 0.6) is 11.5 Å². The number of hydrogen-bond donors (Lipinski definition) is 2. The van der Waals surface area contributed by atoms with E-state index in [1.807, 2.05) is 24.4 Å². The van der Waals surface area contributed by atoms with Crippen LogP contribution in [-0.4, -0.2) is 25.1 Å². The Morgan fingerprint density at radius 1 is 1.09 bits per heavy atom. The van der Waals surface area contributed by atoms with Gasteiger partial charge in [-0.3, -0.25) is 4.79 Å². The van der Waals surface area contributed by atoms with Gasteiger partial charge in [0.1, 0.15) is 11.5 Å². The monoisotopic (exact) mass is 296 g/mol. The van der Waals surface area contributed by atoms with Crippen LogP contribution in [0.25, 0.3) is 10.9 Å². The Labute approximate surface area is 127 Å². The van der Waals surface area contributed by atoms with Crippen molar-refractivity contribution in [2.45, 2.75) is 0 Å². The summed E-state index contributed by atoms with van der Waals surface area (Å²) in [4.78, 5) is 15.7.